The van der Waals surface area contributed by atoms with Crippen molar-refractivity contribution in [2.45, 2.75) is 6.73 Å². The van der Waals surface area contributed by atoms with Gasteiger partial charge in [-0.2, -0.15) is 5.10 Å². The van der Waals surface area contributed by atoms with Crippen LogP contribution >= 0.6 is 0 Å². The average Bonchev–Trinajstić information content (AvgIpc) is 3.26. The van der Waals surface area contributed by atoms with Crippen LogP contribution in [0.15, 0.2) is 48.7 Å². The van der Waals surface area contributed by atoms with Crippen molar-refractivity contribution in [2.24, 2.45) is 0 Å². The van der Waals surface area contributed by atoms with E-state index in [1.54, 1.807) is 24.4 Å². The first-order valence-electron chi connectivity index (χ1n) is 8.97. The van der Waals surface area contributed by atoms with Gasteiger partial charge in [0.05, 0.1) is 38.0 Å². The Hall–Kier alpha value is -4.28. The maximum Gasteiger partial charge on any atom is 0.276 e. The first kappa shape index (κ1) is 21.4. The van der Waals surface area contributed by atoms with Gasteiger partial charge in [0, 0.05) is 18.3 Å². The van der Waals surface area contributed by atoms with E-state index in [1.807, 2.05) is 0 Å². The van der Waals surface area contributed by atoms with Crippen LogP contribution in [0.3, 0.4) is 0 Å². The number of amides is 1. The Bertz CT molecular complexity index is 1070. The number of methoxy groups -OCH3 is 3. The molecule has 0 saturated carbocycles. The number of anilines is 1. The molecule has 0 aliphatic carbocycles. The van der Waals surface area contributed by atoms with Crippen molar-refractivity contribution in [2.75, 3.05) is 26.6 Å². The number of aromatic nitrogens is 2. The van der Waals surface area contributed by atoms with E-state index < -0.39 is 10.8 Å². The van der Waals surface area contributed by atoms with Crippen LogP contribution in [0.2, 0.25) is 0 Å². The number of benzene rings is 2. The largest absolute Gasteiger partial charge is 0.496 e. The van der Waals surface area contributed by atoms with Crippen LogP contribution in [0.5, 0.6) is 23.0 Å². The lowest BCUT2D eigenvalue weighted by Crippen LogP contribution is -2.14. The maximum atomic E-state index is 12.5. The maximum absolute atomic E-state index is 12.5. The van der Waals surface area contributed by atoms with Gasteiger partial charge in [0.2, 0.25) is 5.75 Å². The number of carbonyl (C=O) groups is 1. The van der Waals surface area contributed by atoms with E-state index in [9.17, 15) is 14.9 Å². The highest BCUT2D eigenvalue weighted by molar-refractivity contribution is 6.03. The van der Waals surface area contributed by atoms with Crippen LogP contribution in [0.1, 0.15) is 10.5 Å². The van der Waals surface area contributed by atoms with Crippen molar-refractivity contribution in [3.63, 3.8) is 0 Å². The molecule has 31 heavy (non-hydrogen) atoms. The summed E-state index contributed by atoms with van der Waals surface area (Å²) in [6.45, 7) is -0.00531. The SMILES string of the molecule is COc1cc(NC(=O)c2ccn(COc3c(OC)cccc3OC)n2)cc([N+](=O)[O-])c1. The molecule has 1 amide bonds. The molecule has 11 nitrogen and oxygen atoms in total. The Morgan fingerprint density at radius 3 is 2.42 bits per heavy atom. The lowest BCUT2D eigenvalue weighted by Gasteiger charge is -2.13. The monoisotopic (exact) mass is 428 g/mol. The molecule has 2 aromatic carbocycles. The van der Waals surface area contributed by atoms with Gasteiger partial charge in [0.15, 0.2) is 23.9 Å². The third-order valence-electron chi connectivity index (χ3n) is 4.19. The van der Waals surface area contributed by atoms with Gasteiger partial charge in [0.1, 0.15) is 5.75 Å². The van der Waals surface area contributed by atoms with Gasteiger partial charge >= 0.3 is 0 Å². The van der Waals surface area contributed by atoms with Gasteiger partial charge in [-0.1, -0.05) is 6.07 Å². The van der Waals surface area contributed by atoms with E-state index in [2.05, 4.69) is 10.4 Å². The number of para-hydroxylation sites is 1. The molecule has 3 aromatic rings. The topological polar surface area (TPSA) is 127 Å². The first-order chi connectivity index (χ1) is 14.9. The molecule has 1 heterocycles. The molecule has 11 heteroatoms. The normalized spacial score (nSPS) is 10.3. The Morgan fingerprint density at radius 2 is 1.81 bits per heavy atom. The Balaban J connectivity index is 1.71. The Kier molecular flexibility index (Phi) is 6.55. The highest BCUT2D eigenvalue weighted by atomic mass is 16.6. The van der Waals surface area contributed by atoms with Crippen molar-refractivity contribution in [3.8, 4) is 23.0 Å². The van der Waals surface area contributed by atoms with Gasteiger partial charge in [-0.25, -0.2) is 4.68 Å². The molecule has 3 rings (SSSR count). The molecule has 0 atom stereocenters. The van der Waals surface area contributed by atoms with Crippen LogP contribution in [0.4, 0.5) is 11.4 Å². The number of nitrogens with one attached hydrogen (secondary N) is 1. The van der Waals surface area contributed by atoms with Crippen molar-refractivity contribution >= 4 is 17.3 Å². The summed E-state index contributed by atoms with van der Waals surface area (Å²) < 4.78 is 22.7. The number of hydrogen-bond acceptors (Lipinski definition) is 8. The lowest BCUT2D eigenvalue weighted by molar-refractivity contribution is -0.384. The number of nitro benzene ring substituents is 1. The third kappa shape index (κ3) is 5.01. The van der Waals surface area contributed by atoms with Gasteiger partial charge in [0.25, 0.3) is 11.6 Å². The molecule has 0 radical (unpaired) electrons. The summed E-state index contributed by atoms with van der Waals surface area (Å²) in [6.07, 6.45) is 1.56. The number of rotatable bonds is 9. The minimum atomic E-state index is -0.573. The fourth-order valence-corrected chi connectivity index (χ4v) is 2.72. The van der Waals surface area contributed by atoms with E-state index in [4.69, 9.17) is 18.9 Å². The van der Waals surface area contributed by atoms with E-state index >= 15 is 0 Å². The molecule has 0 bridgehead atoms. The third-order valence-corrected chi connectivity index (χ3v) is 4.19. The summed E-state index contributed by atoms with van der Waals surface area (Å²) in [6, 6.07) is 10.7. The molecular weight excluding hydrogens is 408 g/mol. The average molecular weight is 428 g/mol. The summed E-state index contributed by atoms with van der Waals surface area (Å²) in [4.78, 5) is 23.0. The molecule has 0 spiro atoms. The second-order valence-electron chi connectivity index (χ2n) is 6.14. The number of carbonyl (C=O) groups excluding carboxylic acids is 1. The number of nitrogens with zero attached hydrogens (tertiary/aromatic N) is 3. The fourth-order valence-electron chi connectivity index (χ4n) is 2.72. The van der Waals surface area contributed by atoms with Gasteiger partial charge < -0.3 is 24.3 Å². The Morgan fingerprint density at radius 1 is 1.10 bits per heavy atom. The molecule has 1 N–H and O–H groups in total. The van der Waals surface area contributed by atoms with Gasteiger partial charge in [-0.05, 0) is 18.2 Å². The zero-order valence-electron chi connectivity index (χ0n) is 17.0. The second-order valence-corrected chi connectivity index (χ2v) is 6.14. The van der Waals surface area contributed by atoms with E-state index in [0.717, 1.165) is 0 Å². The fraction of sp³-hybridized carbons (Fsp3) is 0.200. The molecule has 0 unspecified atom stereocenters. The van der Waals surface area contributed by atoms with Crippen molar-refractivity contribution in [1.29, 1.82) is 0 Å². The number of hydrogen-bond donors (Lipinski definition) is 1. The first-order valence-corrected chi connectivity index (χ1v) is 8.97. The predicted molar refractivity (Wildman–Crippen MR) is 110 cm³/mol. The second kappa shape index (κ2) is 9.48. The van der Waals surface area contributed by atoms with Crippen LogP contribution in [0, 0.1) is 10.1 Å². The number of ether oxygens (including phenoxy) is 4. The summed E-state index contributed by atoms with van der Waals surface area (Å²) in [5.74, 6) is 1.08. The minimum absolute atomic E-state index is 0.00531. The quantitative estimate of drug-likeness (QED) is 0.407. The summed E-state index contributed by atoms with van der Waals surface area (Å²) >= 11 is 0. The van der Waals surface area contributed by atoms with E-state index in [1.165, 1.54) is 50.3 Å². The van der Waals surface area contributed by atoms with E-state index in [0.29, 0.717) is 17.2 Å². The molecule has 1 aromatic heterocycles. The van der Waals surface area contributed by atoms with Crippen LogP contribution in [-0.4, -0.2) is 41.9 Å². The summed E-state index contributed by atoms with van der Waals surface area (Å²) in [7, 11) is 4.41. The number of non-ortho nitro benzene ring substituents is 1. The molecule has 0 fully saturated rings. The summed E-state index contributed by atoms with van der Waals surface area (Å²) in [5, 5.41) is 17.8. The molecule has 0 aliphatic rings. The standard InChI is InChI=1S/C20H20N4O7/c1-28-15-10-13(9-14(11-15)24(26)27)21-20(25)16-7-8-23(22-16)12-31-19-17(29-2)5-4-6-18(19)30-3/h4-11H,12H2,1-3H3,(H,21,25). The molecule has 162 valence electrons. The van der Waals surface area contributed by atoms with Crippen molar-refractivity contribution in [1.82, 2.24) is 9.78 Å². The zero-order valence-corrected chi connectivity index (χ0v) is 17.0. The van der Waals surface area contributed by atoms with Crippen molar-refractivity contribution < 1.29 is 28.7 Å². The minimum Gasteiger partial charge on any atom is -0.496 e. The van der Waals surface area contributed by atoms with Gasteiger partial charge in [-0.15, -0.1) is 0 Å². The van der Waals surface area contributed by atoms with E-state index in [-0.39, 0.29) is 29.5 Å². The highest BCUT2D eigenvalue weighted by Gasteiger charge is 2.16. The lowest BCUT2D eigenvalue weighted by atomic mass is 10.2. The highest BCUT2D eigenvalue weighted by Crippen LogP contribution is 2.36. The summed E-state index contributed by atoms with van der Waals surface area (Å²) in [5.41, 5.74) is 0.0982. The number of nitro groups is 1. The molecular formula is C20H20N4O7. The van der Waals surface area contributed by atoms with Crippen LogP contribution in [-0.2, 0) is 6.73 Å². The van der Waals surface area contributed by atoms with Crippen molar-refractivity contribution in [3.05, 3.63) is 64.5 Å². The molecule has 0 saturated heterocycles. The Labute approximate surface area is 177 Å². The van der Waals surface area contributed by atoms with Crippen LogP contribution < -0.4 is 24.3 Å². The van der Waals surface area contributed by atoms with Crippen LogP contribution in [0.25, 0.3) is 0 Å². The molecule has 0 aliphatic heterocycles. The van der Waals surface area contributed by atoms with Gasteiger partial charge in [-0.3, -0.25) is 14.9 Å². The smallest absolute Gasteiger partial charge is 0.276 e. The zero-order chi connectivity index (χ0) is 22.4. The predicted octanol–water partition coefficient (Wildman–Crippen LogP) is 3.11.